The molecule has 2 aromatic carbocycles. The van der Waals surface area contributed by atoms with Gasteiger partial charge in [-0.1, -0.05) is 64.2 Å². The molecule has 148 valence electrons. The van der Waals surface area contributed by atoms with Crippen molar-refractivity contribution in [3.63, 3.8) is 0 Å². The molecule has 0 bridgehead atoms. The Morgan fingerprint density at radius 3 is 2.00 bits per heavy atom. The number of hydrogen-bond acceptors (Lipinski definition) is 2. The first kappa shape index (κ1) is 20.0. The summed E-state index contributed by atoms with van der Waals surface area (Å²) in [7, 11) is 6.82. The Balaban J connectivity index is 2.19. The Morgan fingerprint density at radius 1 is 0.862 bits per heavy atom. The third kappa shape index (κ3) is 2.39. The van der Waals surface area contributed by atoms with Gasteiger partial charge < -0.3 is 5.11 Å². The van der Waals surface area contributed by atoms with E-state index < -0.39 is 0 Å². The van der Waals surface area contributed by atoms with Crippen LogP contribution in [0.4, 0.5) is 0 Å². The Bertz CT molecular complexity index is 1150. The number of aromatic hydroxyl groups is 1. The summed E-state index contributed by atoms with van der Waals surface area (Å²) < 4.78 is 0. The lowest BCUT2D eigenvalue weighted by molar-refractivity contribution is 0.124. The molecule has 0 atom stereocenters. The van der Waals surface area contributed by atoms with Crippen molar-refractivity contribution >= 4 is 24.1 Å². The van der Waals surface area contributed by atoms with E-state index in [9.17, 15) is 5.11 Å². The zero-order valence-corrected chi connectivity index (χ0v) is 18.9. The molecule has 1 aliphatic carbocycles. The van der Waals surface area contributed by atoms with Crippen LogP contribution in [0.15, 0.2) is 30.5 Å². The van der Waals surface area contributed by atoms with Crippen molar-refractivity contribution < 1.29 is 5.11 Å². The first-order valence-electron chi connectivity index (χ1n) is 10.3. The Hall–Kier alpha value is -2.29. The number of aryl methyl sites for hydroxylation is 2. The van der Waals surface area contributed by atoms with Gasteiger partial charge in [-0.3, -0.25) is 4.98 Å². The minimum atomic E-state index is -0.242. The summed E-state index contributed by atoms with van der Waals surface area (Å²) in [6.07, 6.45) is 1.80. The van der Waals surface area contributed by atoms with Crippen LogP contribution in [0, 0.1) is 19.3 Å². The third-order valence-electron chi connectivity index (χ3n) is 8.10. The molecule has 0 saturated carbocycles. The Kier molecular flexibility index (Phi) is 4.05. The number of hydrogen-bond donors (Lipinski definition) is 1. The predicted octanol–water partition coefficient (Wildman–Crippen LogP) is 5.61. The molecule has 2 nitrogen and oxygen atoms in total. The summed E-state index contributed by atoms with van der Waals surface area (Å²) in [6.45, 7) is 17.7. The summed E-state index contributed by atoms with van der Waals surface area (Å²) in [5.41, 5.74) is 6.47. The second kappa shape index (κ2) is 5.87. The maximum atomic E-state index is 11.7. The van der Waals surface area contributed by atoms with E-state index in [0.717, 1.165) is 38.6 Å². The lowest BCUT2D eigenvalue weighted by Gasteiger charge is -2.44. The zero-order valence-electron chi connectivity index (χ0n) is 18.9. The average Bonchev–Trinajstić information content (AvgIpc) is 2.72. The number of benzene rings is 2. The van der Waals surface area contributed by atoms with Crippen molar-refractivity contribution in [3.05, 3.63) is 52.7 Å². The van der Waals surface area contributed by atoms with E-state index in [-0.39, 0.29) is 16.2 Å². The molecule has 0 unspecified atom stereocenters. The molecule has 4 rings (SSSR count). The molecule has 1 N–H and O–H groups in total. The molecular weight excluding hydrogens is 353 g/mol. The number of aromatic nitrogens is 1. The van der Waals surface area contributed by atoms with Crippen LogP contribution < -0.4 is 5.46 Å². The summed E-state index contributed by atoms with van der Waals surface area (Å²) in [4.78, 5) is 4.69. The summed E-state index contributed by atoms with van der Waals surface area (Å²) in [5.74, 6) is 0.329. The van der Waals surface area contributed by atoms with Crippen LogP contribution in [0.1, 0.15) is 63.8 Å². The van der Waals surface area contributed by atoms with Crippen LogP contribution in [0.2, 0.25) is 0 Å². The van der Waals surface area contributed by atoms with Crippen LogP contribution in [0.25, 0.3) is 22.0 Å². The van der Waals surface area contributed by atoms with E-state index >= 15 is 0 Å². The van der Waals surface area contributed by atoms with Gasteiger partial charge in [0.15, 0.2) is 0 Å². The quantitative estimate of drug-likeness (QED) is 0.554. The number of rotatable bonds is 1. The molecule has 0 fully saturated rings. The SMILES string of the molecule is [B]c1c2c(c(O)c3c(-c4cc(C)cc(C)c4)nccc13)C(C)(C)C(C)(C)C2(C)C. The van der Waals surface area contributed by atoms with Crippen molar-refractivity contribution in [1.82, 2.24) is 4.98 Å². The molecule has 3 heteroatoms. The van der Waals surface area contributed by atoms with Gasteiger partial charge in [0.2, 0.25) is 0 Å². The maximum absolute atomic E-state index is 11.7. The first-order chi connectivity index (χ1) is 13.3. The van der Waals surface area contributed by atoms with E-state index in [0.29, 0.717) is 5.75 Å². The van der Waals surface area contributed by atoms with Crippen molar-refractivity contribution in [1.29, 1.82) is 0 Å². The van der Waals surface area contributed by atoms with Crippen molar-refractivity contribution in [2.24, 2.45) is 5.41 Å². The lowest BCUT2D eigenvalue weighted by atomic mass is 9.59. The highest BCUT2D eigenvalue weighted by molar-refractivity contribution is 6.41. The number of phenolic OH excluding ortho intramolecular Hbond substituents is 1. The number of phenols is 1. The normalized spacial score (nSPS) is 18.8. The Labute approximate surface area is 175 Å². The van der Waals surface area contributed by atoms with Crippen molar-refractivity contribution in [3.8, 4) is 17.0 Å². The van der Waals surface area contributed by atoms with Crippen LogP contribution in [-0.4, -0.2) is 17.9 Å². The van der Waals surface area contributed by atoms with E-state index in [2.05, 4.69) is 73.6 Å². The topological polar surface area (TPSA) is 33.1 Å². The van der Waals surface area contributed by atoms with E-state index in [1.165, 1.54) is 11.1 Å². The monoisotopic (exact) mass is 383 g/mol. The standard InChI is InChI=1S/C26H30BNO/c1-14-11-15(2)13-16(12-14)22-18-17(9-10-28-22)21(27)19-20(23(18)29)25(5,6)26(7,8)24(19,3)4/h9-13,29H,1-8H3. The molecule has 1 aromatic heterocycles. The van der Waals surface area contributed by atoms with Gasteiger partial charge in [0.25, 0.3) is 0 Å². The van der Waals surface area contributed by atoms with Crippen LogP contribution in [0.5, 0.6) is 5.75 Å². The van der Waals surface area contributed by atoms with Crippen LogP contribution in [0.3, 0.4) is 0 Å². The van der Waals surface area contributed by atoms with Gasteiger partial charge in [-0.2, -0.15) is 0 Å². The fourth-order valence-electron chi connectivity index (χ4n) is 5.43. The highest BCUT2D eigenvalue weighted by Crippen LogP contribution is 2.64. The van der Waals surface area contributed by atoms with Gasteiger partial charge in [-0.05, 0) is 59.2 Å². The van der Waals surface area contributed by atoms with Gasteiger partial charge >= 0.3 is 0 Å². The van der Waals surface area contributed by atoms with E-state index in [4.69, 9.17) is 12.8 Å². The number of fused-ring (bicyclic) bond motifs is 2. The largest absolute Gasteiger partial charge is 0.507 e. The summed E-state index contributed by atoms with van der Waals surface area (Å²) in [5, 5.41) is 13.3. The molecule has 1 aliphatic rings. The fraction of sp³-hybridized carbons (Fsp3) is 0.423. The predicted molar refractivity (Wildman–Crippen MR) is 124 cm³/mol. The molecule has 0 aliphatic heterocycles. The summed E-state index contributed by atoms with van der Waals surface area (Å²) >= 11 is 0. The molecule has 0 amide bonds. The van der Waals surface area contributed by atoms with E-state index in [1.54, 1.807) is 6.20 Å². The van der Waals surface area contributed by atoms with Gasteiger partial charge in [-0.25, -0.2) is 0 Å². The molecule has 29 heavy (non-hydrogen) atoms. The van der Waals surface area contributed by atoms with Gasteiger partial charge in [0, 0.05) is 22.7 Å². The van der Waals surface area contributed by atoms with Crippen molar-refractivity contribution in [2.75, 3.05) is 0 Å². The van der Waals surface area contributed by atoms with E-state index in [1.807, 2.05) is 6.07 Å². The second-order valence-electron chi connectivity index (χ2n) is 10.3. The zero-order chi connectivity index (χ0) is 21.5. The minimum absolute atomic E-state index is 0.0845. The fourth-order valence-corrected chi connectivity index (χ4v) is 5.43. The average molecular weight is 383 g/mol. The van der Waals surface area contributed by atoms with Gasteiger partial charge in [-0.15, -0.1) is 0 Å². The maximum Gasteiger partial charge on any atom is 0.129 e. The van der Waals surface area contributed by atoms with Crippen LogP contribution >= 0.6 is 0 Å². The van der Waals surface area contributed by atoms with Crippen LogP contribution in [-0.2, 0) is 10.8 Å². The molecule has 0 saturated heterocycles. The number of nitrogens with zero attached hydrogens (tertiary/aromatic N) is 1. The highest BCUT2D eigenvalue weighted by Gasteiger charge is 2.58. The highest BCUT2D eigenvalue weighted by atomic mass is 16.3. The Morgan fingerprint density at radius 2 is 1.41 bits per heavy atom. The number of pyridine rings is 1. The van der Waals surface area contributed by atoms with Crippen molar-refractivity contribution in [2.45, 2.75) is 66.2 Å². The lowest BCUT2D eigenvalue weighted by Crippen LogP contribution is -2.43. The molecular formula is C26H30BNO. The molecule has 0 spiro atoms. The van der Waals surface area contributed by atoms with Gasteiger partial charge in [0.05, 0.1) is 5.69 Å². The molecule has 1 heterocycles. The van der Waals surface area contributed by atoms with Gasteiger partial charge in [0.1, 0.15) is 13.6 Å². The molecule has 2 radical (unpaired) electrons. The molecule has 3 aromatic rings. The minimum Gasteiger partial charge on any atom is -0.507 e. The smallest absolute Gasteiger partial charge is 0.129 e. The first-order valence-corrected chi connectivity index (χ1v) is 10.3. The summed E-state index contributed by atoms with van der Waals surface area (Å²) in [6, 6.07) is 8.33. The third-order valence-corrected chi connectivity index (χ3v) is 8.10. The second-order valence-corrected chi connectivity index (χ2v) is 10.3.